The zero-order valence-electron chi connectivity index (χ0n) is 15.1. The topological polar surface area (TPSA) is 106 Å². The highest BCUT2D eigenvalue weighted by molar-refractivity contribution is 5.94. The number of ether oxygens (including phenoxy) is 1. The summed E-state index contributed by atoms with van der Waals surface area (Å²) < 4.78 is 7.05. The monoisotopic (exact) mass is 372 g/mol. The number of carbonyl (C=O) groups is 2. The van der Waals surface area contributed by atoms with E-state index < -0.39 is 5.97 Å². The predicted molar refractivity (Wildman–Crippen MR) is 97.3 cm³/mol. The molecule has 1 amide bonds. The Morgan fingerprint density at radius 2 is 1.93 bits per heavy atom. The summed E-state index contributed by atoms with van der Waals surface area (Å²) in [5.74, 6) is 0.174. The van der Waals surface area contributed by atoms with Crippen molar-refractivity contribution < 1.29 is 19.4 Å². The Morgan fingerprint density at radius 3 is 2.63 bits per heavy atom. The number of amides is 1. The lowest BCUT2D eigenvalue weighted by molar-refractivity contribution is -0.137. The number of nitrogens with one attached hydrogen (secondary N) is 1. The first-order valence-corrected chi connectivity index (χ1v) is 9.22. The molecule has 1 aromatic carbocycles. The van der Waals surface area contributed by atoms with Crippen LogP contribution in [0.25, 0.3) is 0 Å². The summed E-state index contributed by atoms with van der Waals surface area (Å²) in [4.78, 5) is 22.8. The lowest BCUT2D eigenvalue weighted by Gasteiger charge is -2.21. The first kappa shape index (κ1) is 18.9. The normalized spacial score (nSPS) is 14.7. The summed E-state index contributed by atoms with van der Waals surface area (Å²) >= 11 is 0. The van der Waals surface area contributed by atoms with Gasteiger partial charge in [0.2, 0.25) is 0 Å². The molecule has 1 saturated carbocycles. The van der Waals surface area contributed by atoms with Crippen LogP contribution in [0, 0.1) is 5.92 Å². The minimum absolute atomic E-state index is 0.179. The van der Waals surface area contributed by atoms with Gasteiger partial charge in [0.1, 0.15) is 18.0 Å². The van der Waals surface area contributed by atoms with Crippen molar-refractivity contribution in [3.8, 4) is 5.75 Å². The number of aliphatic carboxylic acids is 1. The average molecular weight is 372 g/mol. The lowest BCUT2D eigenvalue weighted by atomic mass is 9.90. The highest BCUT2D eigenvalue weighted by Gasteiger charge is 2.14. The molecule has 1 fully saturated rings. The molecule has 0 radical (unpaired) electrons. The molecule has 3 rings (SSSR count). The Labute approximate surface area is 157 Å². The second kappa shape index (κ2) is 9.16. The van der Waals surface area contributed by atoms with Gasteiger partial charge in [-0.1, -0.05) is 24.5 Å². The van der Waals surface area contributed by atoms with Crippen molar-refractivity contribution in [3.05, 3.63) is 41.7 Å². The van der Waals surface area contributed by atoms with E-state index in [4.69, 9.17) is 9.84 Å². The van der Waals surface area contributed by atoms with Crippen LogP contribution in [0.4, 0.5) is 0 Å². The van der Waals surface area contributed by atoms with Gasteiger partial charge in [0, 0.05) is 5.56 Å². The maximum absolute atomic E-state index is 12.2. The van der Waals surface area contributed by atoms with Crippen molar-refractivity contribution in [2.75, 3.05) is 6.61 Å². The molecule has 1 heterocycles. The molecule has 0 saturated heterocycles. The summed E-state index contributed by atoms with van der Waals surface area (Å²) in [5, 5.41) is 19.0. The highest BCUT2D eigenvalue weighted by Crippen LogP contribution is 2.24. The van der Waals surface area contributed by atoms with Crippen LogP contribution < -0.4 is 10.1 Å². The predicted octanol–water partition coefficient (Wildman–Crippen LogP) is 2.25. The van der Waals surface area contributed by atoms with Crippen molar-refractivity contribution in [1.82, 2.24) is 20.3 Å². The van der Waals surface area contributed by atoms with Gasteiger partial charge in [-0.2, -0.15) is 0 Å². The SMILES string of the molecule is O=C(O)Cn1cc(CNC(=O)c2ccc(OCC3CCCCC3)cc2)nn1. The number of benzene rings is 1. The van der Waals surface area contributed by atoms with Crippen molar-refractivity contribution in [2.45, 2.75) is 45.2 Å². The minimum atomic E-state index is -0.999. The quantitative estimate of drug-likeness (QED) is 0.736. The molecule has 0 unspecified atom stereocenters. The fraction of sp³-hybridized carbons (Fsp3) is 0.474. The molecule has 144 valence electrons. The first-order valence-electron chi connectivity index (χ1n) is 9.22. The molecule has 8 nitrogen and oxygen atoms in total. The molecule has 0 spiro atoms. The highest BCUT2D eigenvalue weighted by atomic mass is 16.5. The van der Waals surface area contributed by atoms with Crippen LogP contribution in [0.1, 0.15) is 48.2 Å². The Bertz CT molecular complexity index is 766. The lowest BCUT2D eigenvalue weighted by Crippen LogP contribution is -2.23. The number of carboxylic acids is 1. The smallest absolute Gasteiger partial charge is 0.325 e. The average Bonchev–Trinajstić information content (AvgIpc) is 3.12. The van der Waals surface area contributed by atoms with E-state index >= 15 is 0 Å². The Kier molecular flexibility index (Phi) is 6.40. The zero-order chi connectivity index (χ0) is 19.1. The zero-order valence-corrected chi connectivity index (χ0v) is 15.1. The number of aromatic nitrogens is 3. The largest absolute Gasteiger partial charge is 0.493 e. The van der Waals surface area contributed by atoms with E-state index in [0.29, 0.717) is 17.2 Å². The Balaban J connectivity index is 1.45. The molecular formula is C19H24N4O4. The molecule has 1 aliphatic rings. The fourth-order valence-corrected chi connectivity index (χ4v) is 3.18. The molecule has 2 N–H and O–H groups in total. The van der Waals surface area contributed by atoms with Crippen LogP contribution in [-0.4, -0.2) is 38.6 Å². The molecule has 0 aliphatic heterocycles. The van der Waals surface area contributed by atoms with Gasteiger partial charge >= 0.3 is 5.97 Å². The minimum Gasteiger partial charge on any atom is -0.493 e. The van der Waals surface area contributed by atoms with E-state index in [-0.39, 0.29) is 19.0 Å². The summed E-state index contributed by atoms with van der Waals surface area (Å²) in [6, 6.07) is 7.07. The van der Waals surface area contributed by atoms with E-state index in [1.165, 1.54) is 43.0 Å². The third-order valence-electron chi connectivity index (χ3n) is 4.64. The second-order valence-electron chi connectivity index (χ2n) is 6.82. The number of carbonyl (C=O) groups excluding carboxylic acids is 1. The number of nitrogens with zero attached hydrogens (tertiary/aromatic N) is 3. The molecule has 27 heavy (non-hydrogen) atoms. The third-order valence-corrected chi connectivity index (χ3v) is 4.64. The van der Waals surface area contributed by atoms with Gasteiger partial charge in [0.15, 0.2) is 0 Å². The van der Waals surface area contributed by atoms with Crippen LogP contribution >= 0.6 is 0 Å². The van der Waals surface area contributed by atoms with Crippen molar-refractivity contribution in [2.24, 2.45) is 5.92 Å². The molecule has 1 aliphatic carbocycles. The van der Waals surface area contributed by atoms with Crippen molar-refractivity contribution in [1.29, 1.82) is 0 Å². The van der Waals surface area contributed by atoms with Gasteiger partial charge in [-0.05, 0) is 43.0 Å². The van der Waals surface area contributed by atoms with Crippen LogP contribution in [0.15, 0.2) is 30.5 Å². The number of carboxylic acid groups (broad SMARTS) is 1. The van der Waals surface area contributed by atoms with Crippen molar-refractivity contribution in [3.63, 3.8) is 0 Å². The molecule has 2 aromatic rings. The molecule has 1 aromatic heterocycles. The molecule has 0 atom stereocenters. The standard InChI is InChI=1S/C19H24N4O4/c24-18(25)12-23-11-16(21-22-23)10-20-19(26)15-6-8-17(9-7-15)27-13-14-4-2-1-3-5-14/h6-9,11,14H,1-5,10,12-13H2,(H,20,26)(H,24,25). The maximum Gasteiger partial charge on any atom is 0.325 e. The molecular weight excluding hydrogens is 348 g/mol. The molecule has 8 heteroatoms. The van der Waals surface area contributed by atoms with E-state index in [1.54, 1.807) is 24.3 Å². The van der Waals surface area contributed by atoms with Gasteiger partial charge in [-0.25, -0.2) is 4.68 Å². The van der Waals surface area contributed by atoms with Crippen molar-refractivity contribution >= 4 is 11.9 Å². The third kappa shape index (κ3) is 5.80. The Hall–Kier alpha value is -2.90. The first-order chi connectivity index (χ1) is 13.1. The summed E-state index contributed by atoms with van der Waals surface area (Å²) in [6.45, 7) is 0.652. The van der Waals surface area contributed by atoms with E-state index in [9.17, 15) is 9.59 Å². The van der Waals surface area contributed by atoms with E-state index in [0.717, 1.165) is 12.4 Å². The van der Waals surface area contributed by atoms with Gasteiger partial charge in [0.25, 0.3) is 5.91 Å². The van der Waals surface area contributed by atoms with E-state index in [1.807, 2.05) is 0 Å². The fourth-order valence-electron chi connectivity index (χ4n) is 3.18. The maximum atomic E-state index is 12.2. The summed E-state index contributed by atoms with van der Waals surface area (Å²) in [5.41, 5.74) is 1.02. The number of rotatable bonds is 8. The summed E-state index contributed by atoms with van der Waals surface area (Å²) in [7, 11) is 0. The van der Waals surface area contributed by atoms with Gasteiger partial charge in [0.05, 0.1) is 19.3 Å². The number of hydrogen-bond acceptors (Lipinski definition) is 5. The second-order valence-corrected chi connectivity index (χ2v) is 6.82. The number of hydrogen-bond donors (Lipinski definition) is 2. The van der Waals surface area contributed by atoms with Crippen LogP contribution in [0.3, 0.4) is 0 Å². The van der Waals surface area contributed by atoms with Gasteiger partial charge in [-0.15, -0.1) is 5.10 Å². The van der Waals surface area contributed by atoms with Crippen LogP contribution in [0.5, 0.6) is 5.75 Å². The van der Waals surface area contributed by atoms with Gasteiger partial charge < -0.3 is 15.2 Å². The van der Waals surface area contributed by atoms with Crippen LogP contribution in [-0.2, 0) is 17.9 Å². The van der Waals surface area contributed by atoms with E-state index in [2.05, 4.69) is 15.6 Å². The Morgan fingerprint density at radius 1 is 1.19 bits per heavy atom. The van der Waals surface area contributed by atoms with Crippen LogP contribution in [0.2, 0.25) is 0 Å². The molecule has 0 bridgehead atoms. The van der Waals surface area contributed by atoms with Gasteiger partial charge in [-0.3, -0.25) is 9.59 Å². The summed E-state index contributed by atoms with van der Waals surface area (Å²) in [6.07, 6.45) is 7.87.